The number of ether oxygens (including phenoxy) is 1. The van der Waals surface area contributed by atoms with Gasteiger partial charge >= 0.3 is 5.97 Å². The van der Waals surface area contributed by atoms with Crippen LogP contribution >= 0.6 is 12.2 Å². The molecular weight excluding hydrogens is 388 g/mol. The molecule has 2 N–H and O–H groups in total. The minimum absolute atomic E-state index is 0.0234. The van der Waals surface area contributed by atoms with Crippen molar-refractivity contribution < 1.29 is 9.53 Å². The number of rotatable bonds is 6. The van der Waals surface area contributed by atoms with E-state index in [1.54, 1.807) is 31.2 Å². The van der Waals surface area contributed by atoms with Crippen molar-refractivity contribution in [3.63, 3.8) is 0 Å². The minimum Gasteiger partial charge on any atom is -0.461 e. The molecule has 0 fully saturated rings. The molecule has 0 aliphatic heterocycles. The highest BCUT2D eigenvalue weighted by atomic mass is 32.1. The third-order valence-electron chi connectivity index (χ3n) is 4.02. The molecule has 0 radical (unpaired) electrons. The van der Waals surface area contributed by atoms with E-state index in [0.29, 0.717) is 12.2 Å². The lowest BCUT2D eigenvalue weighted by Crippen LogP contribution is -2.20. The number of hydrogen-bond acceptors (Lipinski definition) is 4. The Bertz CT molecular complexity index is 1070. The number of aliphatic imine (C=N–C) groups is 1. The predicted octanol–water partition coefficient (Wildman–Crippen LogP) is 2.84. The number of aromatic nitrogens is 2. The summed E-state index contributed by atoms with van der Waals surface area (Å²) in [5.41, 5.74) is 1.32. The molecule has 3 rings (SSSR count). The van der Waals surface area contributed by atoms with Crippen molar-refractivity contribution in [1.82, 2.24) is 15.1 Å². The zero-order valence-electron chi connectivity index (χ0n) is 15.8. The van der Waals surface area contributed by atoms with Gasteiger partial charge in [-0.25, -0.2) is 14.5 Å². The largest absolute Gasteiger partial charge is 0.461 e. The summed E-state index contributed by atoms with van der Waals surface area (Å²) >= 11 is 5.21. The second-order valence-electron chi connectivity index (χ2n) is 6.00. The maximum atomic E-state index is 12.9. The first-order chi connectivity index (χ1) is 14.1. The lowest BCUT2D eigenvalue weighted by Gasteiger charge is -2.03. The lowest BCUT2D eigenvalue weighted by atomic mass is 10.2. The van der Waals surface area contributed by atoms with Crippen LogP contribution in [0.2, 0.25) is 0 Å². The molecule has 0 saturated carbocycles. The summed E-state index contributed by atoms with van der Waals surface area (Å²) in [7, 11) is 0. The summed E-state index contributed by atoms with van der Waals surface area (Å²) in [4.78, 5) is 29.3. The molecule has 2 aromatic carbocycles. The fourth-order valence-corrected chi connectivity index (χ4v) is 2.75. The van der Waals surface area contributed by atoms with E-state index in [9.17, 15) is 9.59 Å². The van der Waals surface area contributed by atoms with Gasteiger partial charge in [0.25, 0.3) is 5.56 Å². The summed E-state index contributed by atoms with van der Waals surface area (Å²) in [6.45, 7) is 2.38. The second kappa shape index (κ2) is 9.61. The molecule has 0 spiro atoms. The van der Waals surface area contributed by atoms with E-state index in [1.807, 2.05) is 36.4 Å². The molecule has 0 atom stereocenters. The molecule has 0 amide bonds. The topological polar surface area (TPSA) is 88.5 Å². The highest BCUT2D eigenvalue weighted by Gasteiger charge is 2.20. The number of carbonyl (C=O) groups is 1. The van der Waals surface area contributed by atoms with Crippen molar-refractivity contribution >= 4 is 29.5 Å². The number of hydrogen-bond donors (Lipinski definition) is 2. The molecule has 3 aromatic rings. The monoisotopic (exact) mass is 408 g/mol. The van der Waals surface area contributed by atoms with Crippen LogP contribution in [0.1, 0.15) is 28.5 Å². The lowest BCUT2D eigenvalue weighted by molar-refractivity contribution is 0.0519. The molecule has 0 saturated heterocycles. The Hall–Kier alpha value is -3.52. The van der Waals surface area contributed by atoms with Gasteiger partial charge < -0.3 is 10.1 Å². The van der Waals surface area contributed by atoms with Crippen LogP contribution < -0.4 is 10.9 Å². The Morgan fingerprint density at radius 3 is 2.48 bits per heavy atom. The Morgan fingerprint density at radius 1 is 1.17 bits per heavy atom. The summed E-state index contributed by atoms with van der Waals surface area (Å²) < 4.78 is 6.32. The Balaban J connectivity index is 1.85. The van der Waals surface area contributed by atoms with Gasteiger partial charge in [-0.2, -0.15) is 0 Å². The summed E-state index contributed by atoms with van der Waals surface area (Å²) in [5.74, 6) is -0.635. The van der Waals surface area contributed by atoms with Crippen molar-refractivity contribution in [2.75, 3.05) is 6.61 Å². The number of thiocarbonyl (C=S) groups is 1. The van der Waals surface area contributed by atoms with Crippen LogP contribution in [0.25, 0.3) is 5.69 Å². The summed E-state index contributed by atoms with van der Waals surface area (Å²) in [6, 6.07) is 18.6. The molecular formula is C21H20N4O3S. The van der Waals surface area contributed by atoms with E-state index >= 15 is 0 Å². The van der Waals surface area contributed by atoms with Gasteiger partial charge in [0.1, 0.15) is 0 Å². The molecule has 0 aliphatic carbocycles. The molecule has 0 unspecified atom stereocenters. The van der Waals surface area contributed by atoms with Gasteiger partial charge in [-0.3, -0.25) is 9.89 Å². The highest BCUT2D eigenvalue weighted by Crippen LogP contribution is 2.08. The van der Waals surface area contributed by atoms with Gasteiger partial charge in [0.05, 0.1) is 17.9 Å². The van der Waals surface area contributed by atoms with Crippen LogP contribution in [0, 0.1) is 0 Å². The SMILES string of the molecule is CCOC(=O)c1[nH]n(-c2ccccc2)c(=O)c1/C=N/C(=S)NCc1ccccc1. The van der Waals surface area contributed by atoms with Crippen LogP contribution in [0.3, 0.4) is 0 Å². The Kier molecular flexibility index (Phi) is 6.70. The number of nitrogens with zero attached hydrogens (tertiary/aromatic N) is 2. The number of carbonyl (C=O) groups excluding carboxylic acids is 1. The van der Waals surface area contributed by atoms with Gasteiger partial charge in [-0.15, -0.1) is 0 Å². The fraction of sp³-hybridized carbons (Fsp3) is 0.143. The van der Waals surface area contributed by atoms with Gasteiger partial charge in [-0.05, 0) is 36.8 Å². The quantitative estimate of drug-likeness (QED) is 0.372. The van der Waals surface area contributed by atoms with Crippen molar-refractivity contribution in [1.29, 1.82) is 0 Å². The van der Waals surface area contributed by atoms with Gasteiger partial charge in [0, 0.05) is 12.8 Å². The van der Waals surface area contributed by atoms with E-state index in [-0.39, 0.29) is 23.0 Å². The molecule has 1 aromatic heterocycles. The highest BCUT2D eigenvalue weighted by molar-refractivity contribution is 7.80. The average molecular weight is 408 g/mol. The number of para-hydroxylation sites is 1. The molecule has 0 aliphatic rings. The number of nitrogens with one attached hydrogen (secondary N) is 2. The minimum atomic E-state index is -0.635. The van der Waals surface area contributed by atoms with E-state index < -0.39 is 11.5 Å². The number of benzene rings is 2. The van der Waals surface area contributed by atoms with E-state index in [4.69, 9.17) is 17.0 Å². The third kappa shape index (κ3) is 5.05. The first kappa shape index (κ1) is 20.2. The van der Waals surface area contributed by atoms with E-state index in [1.165, 1.54) is 10.9 Å². The number of aromatic amines is 1. The Morgan fingerprint density at radius 2 is 1.83 bits per heavy atom. The Labute approximate surface area is 173 Å². The molecule has 148 valence electrons. The maximum Gasteiger partial charge on any atom is 0.357 e. The van der Waals surface area contributed by atoms with Crippen LogP contribution in [-0.2, 0) is 11.3 Å². The number of H-pyrrole nitrogens is 1. The first-order valence-electron chi connectivity index (χ1n) is 9.03. The zero-order valence-corrected chi connectivity index (χ0v) is 16.6. The molecule has 29 heavy (non-hydrogen) atoms. The number of esters is 1. The van der Waals surface area contributed by atoms with E-state index in [2.05, 4.69) is 15.4 Å². The predicted molar refractivity (Wildman–Crippen MR) is 116 cm³/mol. The van der Waals surface area contributed by atoms with Crippen molar-refractivity contribution in [2.24, 2.45) is 4.99 Å². The fourth-order valence-electron chi connectivity index (χ4n) is 2.63. The molecule has 8 heteroatoms. The van der Waals surface area contributed by atoms with E-state index in [0.717, 1.165) is 5.56 Å². The zero-order chi connectivity index (χ0) is 20.6. The van der Waals surface area contributed by atoms with Crippen molar-refractivity contribution in [2.45, 2.75) is 13.5 Å². The van der Waals surface area contributed by atoms with Crippen LogP contribution in [0.15, 0.2) is 70.5 Å². The van der Waals surface area contributed by atoms with Crippen molar-refractivity contribution in [3.8, 4) is 5.69 Å². The smallest absolute Gasteiger partial charge is 0.357 e. The summed E-state index contributed by atoms with van der Waals surface area (Å²) in [5, 5.41) is 6.01. The van der Waals surface area contributed by atoms with Gasteiger partial charge in [0.15, 0.2) is 10.8 Å². The van der Waals surface area contributed by atoms with Crippen LogP contribution in [-0.4, -0.2) is 33.7 Å². The second-order valence-corrected chi connectivity index (χ2v) is 6.39. The summed E-state index contributed by atoms with van der Waals surface area (Å²) in [6.07, 6.45) is 1.28. The first-order valence-corrected chi connectivity index (χ1v) is 9.44. The van der Waals surface area contributed by atoms with Crippen LogP contribution in [0.5, 0.6) is 0 Å². The normalized spacial score (nSPS) is 10.8. The molecule has 7 nitrogen and oxygen atoms in total. The standard InChI is InChI=1S/C21H20N4O3S/c1-2-28-20(27)18-17(19(26)25(24-18)16-11-7-4-8-12-16)14-23-21(29)22-13-15-9-5-3-6-10-15/h3-12,14,24H,2,13H2,1H3,(H,22,29)/b23-14+. The molecule has 1 heterocycles. The van der Waals surface area contributed by atoms with Crippen molar-refractivity contribution in [3.05, 3.63) is 87.8 Å². The molecule has 0 bridgehead atoms. The maximum absolute atomic E-state index is 12.9. The van der Waals surface area contributed by atoms with Gasteiger partial charge in [0.2, 0.25) is 0 Å². The third-order valence-corrected chi connectivity index (χ3v) is 4.27. The van der Waals surface area contributed by atoms with Crippen LogP contribution in [0.4, 0.5) is 0 Å². The average Bonchev–Trinajstić information content (AvgIpc) is 3.08. The van der Waals surface area contributed by atoms with Gasteiger partial charge in [-0.1, -0.05) is 48.5 Å².